The second kappa shape index (κ2) is 7.76. The summed E-state index contributed by atoms with van der Waals surface area (Å²) < 4.78 is 4.90. The Morgan fingerprint density at radius 3 is 2.33 bits per heavy atom. The molecule has 5 heteroatoms. The minimum Gasteiger partial charge on any atom is -0.465 e. The number of carbonyl (C=O) groups is 1. The predicted molar refractivity (Wildman–Crippen MR) is 107 cm³/mol. The minimum atomic E-state index is -0.349. The second-order valence-electron chi connectivity index (χ2n) is 6.78. The maximum atomic E-state index is 12.0. The molecule has 1 aromatic heterocycles. The van der Waals surface area contributed by atoms with Crippen molar-refractivity contribution in [2.75, 3.05) is 38.2 Å². The number of nitrogens with zero attached hydrogens (tertiary/aromatic N) is 3. The summed E-state index contributed by atoms with van der Waals surface area (Å²) in [7, 11) is 1.40. The number of anilines is 1. The Morgan fingerprint density at radius 1 is 0.963 bits per heavy atom. The monoisotopic (exact) mass is 361 g/mol. The Labute approximate surface area is 159 Å². The van der Waals surface area contributed by atoms with Crippen molar-refractivity contribution in [3.8, 4) is 0 Å². The van der Waals surface area contributed by atoms with E-state index in [1.165, 1.54) is 12.7 Å². The van der Waals surface area contributed by atoms with Crippen LogP contribution in [0.4, 0.5) is 5.82 Å². The maximum Gasteiger partial charge on any atom is 0.340 e. The molecule has 0 N–H and O–H groups in total. The summed E-state index contributed by atoms with van der Waals surface area (Å²) in [6.45, 7) is 4.79. The van der Waals surface area contributed by atoms with Gasteiger partial charge in [0.2, 0.25) is 0 Å². The molecule has 0 bridgehead atoms. The third-order valence-electron chi connectivity index (χ3n) is 5.10. The van der Waals surface area contributed by atoms with E-state index in [9.17, 15) is 4.79 Å². The summed E-state index contributed by atoms with van der Waals surface area (Å²) in [5.74, 6) is 0.593. The molecule has 0 spiro atoms. The molecule has 27 heavy (non-hydrogen) atoms. The van der Waals surface area contributed by atoms with Crippen LogP contribution in [0, 0.1) is 0 Å². The summed E-state index contributed by atoms with van der Waals surface area (Å²) >= 11 is 0. The lowest BCUT2D eigenvalue weighted by atomic mass is 10.1. The van der Waals surface area contributed by atoms with Crippen LogP contribution < -0.4 is 4.90 Å². The molecule has 2 heterocycles. The van der Waals surface area contributed by atoms with Crippen LogP contribution in [0.2, 0.25) is 0 Å². The Balaban J connectivity index is 1.53. The highest BCUT2D eigenvalue weighted by Crippen LogP contribution is 2.28. The second-order valence-corrected chi connectivity index (χ2v) is 6.78. The van der Waals surface area contributed by atoms with Gasteiger partial charge in [0.1, 0.15) is 5.82 Å². The molecule has 3 aromatic rings. The molecule has 2 aromatic carbocycles. The number of piperazine rings is 1. The van der Waals surface area contributed by atoms with Crippen LogP contribution in [0.3, 0.4) is 0 Å². The van der Waals surface area contributed by atoms with Crippen LogP contribution in [0.25, 0.3) is 10.8 Å². The first-order chi connectivity index (χ1) is 13.3. The number of hydrogen-bond acceptors (Lipinski definition) is 5. The van der Waals surface area contributed by atoms with Crippen LogP contribution in [0.5, 0.6) is 0 Å². The van der Waals surface area contributed by atoms with Crippen molar-refractivity contribution in [2.45, 2.75) is 6.54 Å². The number of pyridine rings is 1. The number of fused-ring (bicyclic) bond motifs is 1. The number of aromatic nitrogens is 1. The number of benzene rings is 2. The van der Waals surface area contributed by atoms with Gasteiger partial charge in [-0.15, -0.1) is 0 Å². The molecule has 1 aliphatic rings. The van der Waals surface area contributed by atoms with Gasteiger partial charge in [-0.25, -0.2) is 9.78 Å². The van der Waals surface area contributed by atoms with E-state index in [2.05, 4.69) is 45.1 Å². The molecule has 0 amide bonds. The van der Waals surface area contributed by atoms with Gasteiger partial charge in [-0.3, -0.25) is 4.90 Å². The molecule has 0 unspecified atom stereocenters. The molecule has 4 rings (SSSR count). The average Bonchev–Trinajstić information content (AvgIpc) is 2.74. The lowest BCUT2D eigenvalue weighted by Crippen LogP contribution is -2.46. The van der Waals surface area contributed by atoms with E-state index in [-0.39, 0.29) is 5.97 Å². The maximum absolute atomic E-state index is 12.0. The fraction of sp³-hybridized carbons (Fsp3) is 0.273. The lowest BCUT2D eigenvalue weighted by Gasteiger charge is -2.36. The van der Waals surface area contributed by atoms with Crippen LogP contribution in [0.1, 0.15) is 15.9 Å². The number of esters is 1. The molecule has 0 saturated carbocycles. The van der Waals surface area contributed by atoms with E-state index in [4.69, 9.17) is 4.74 Å². The summed E-state index contributed by atoms with van der Waals surface area (Å²) in [4.78, 5) is 21.4. The zero-order valence-corrected chi connectivity index (χ0v) is 15.5. The minimum absolute atomic E-state index is 0.349. The van der Waals surface area contributed by atoms with E-state index in [1.807, 2.05) is 24.3 Å². The van der Waals surface area contributed by atoms with Gasteiger partial charge < -0.3 is 9.64 Å². The number of methoxy groups -OCH3 is 1. The van der Waals surface area contributed by atoms with Crippen LogP contribution in [-0.2, 0) is 11.3 Å². The third kappa shape index (κ3) is 3.64. The van der Waals surface area contributed by atoms with Gasteiger partial charge >= 0.3 is 5.97 Å². The van der Waals surface area contributed by atoms with Gasteiger partial charge in [0, 0.05) is 49.7 Å². The smallest absolute Gasteiger partial charge is 0.340 e. The van der Waals surface area contributed by atoms with Crippen molar-refractivity contribution in [3.63, 3.8) is 0 Å². The van der Waals surface area contributed by atoms with E-state index < -0.39 is 0 Å². The highest BCUT2D eigenvalue weighted by atomic mass is 16.5. The van der Waals surface area contributed by atoms with Crippen molar-refractivity contribution in [1.29, 1.82) is 0 Å². The molecule has 1 saturated heterocycles. The molecule has 138 valence electrons. The van der Waals surface area contributed by atoms with E-state index in [0.717, 1.165) is 49.3 Å². The van der Waals surface area contributed by atoms with E-state index in [0.29, 0.717) is 5.56 Å². The number of ether oxygens (including phenoxy) is 1. The molecule has 0 aliphatic carbocycles. The zero-order valence-electron chi connectivity index (χ0n) is 15.5. The molecular formula is C22H23N3O2. The first-order valence-electron chi connectivity index (χ1n) is 9.23. The topological polar surface area (TPSA) is 45.7 Å². The highest BCUT2D eigenvalue weighted by molar-refractivity contribution is 6.07. The Kier molecular flexibility index (Phi) is 5.03. The van der Waals surface area contributed by atoms with Crippen molar-refractivity contribution in [2.24, 2.45) is 0 Å². The number of carbonyl (C=O) groups excluding carboxylic acids is 1. The third-order valence-corrected chi connectivity index (χ3v) is 5.10. The standard InChI is InChI=1S/C22H23N3O2/c1-27-22(26)20-15-23-21(19-10-6-5-9-18(19)20)25-13-11-24(12-14-25)16-17-7-3-2-4-8-17/h2-10,15H,11-14,16H2,1H3. The summed E-state index contributed by atoms with van der Waals surface area (Å²) in [6.07, 6.45) is 1.64. The summed E-state index contributed by atoms with van der Waals surface area (Å²) in [5, 5.41) is 1.89. The molecular weight excluding hydrogens is 338 g/mol. The average molecular weight is 361 g/mol. The van der Waals surface area contributed by atoms with Crippen LogP contribution >= 0.6 is 0 Å². The lowest BCUT2D eigenvalue weighted by molar-refractivity contribution is 0.0602. The summed E-state index contributed by atoms with van der Waals surface area (Å²) in [6, 6.07) is 18.5. The quantitative estimate of drug-likeness (QED) is 0.667. The molecule has 1 fully saturated rings. The van der Waals surface area contributed by atoms with Gasteiger partial charge in [0.05, 0.1) is 12.7 Å². The van der Waals surface area contributed by atoms with Gasteiger partial charge in [-0.05, 0) is 5.56 Å². The Morgan fingerprint density at radius 2 is 1.63 bits per heavy atom. The Bertz CT molecular complexity index is 935. The van der Waals surface area contributed by atoms with Gasteiger partial charge in [0.15, 0.2) is 0 Å². The molecule has 5 nitrogen and oxygen atoms in total. The highest BCUT2D eigenvalue weighted by Gasteiger charge is 2.21. The van der Waals surface area contributed by atoms with Crippen LogP contribution in [0.15, 0.2) is 60.8 Å². The van der Waals surface area contributed by atoms with Crippen molar-refractivity contribution < 1.29 is 9.53 Å². The van der Waals surface area contributed by atoms with E-state index in [1.54, 1.807) is 6.20 Å². The number of hydrogen-bond donors (Lipinski definition) is 0. The van der Waals surface area contributed by atoms with Crippen molar-refractivity contribution >= 4 is 22.6 Å². The van der Waals surface area contributed by atoms with Crippen LogP contribution in [-0.4, -0.2) is 49.1 Å². The first kappa shape index (κ1) is 17.5. The van der Waals surface area contributed by atoms with Crippen molar-refractivity contribution in [1.82, 2.24) is 9.88 Å². The van der Waals surface area contributed by atoms with E-state index >= 15 is 0 Å². The van der Waals surface area contributed by atoms with Gasteiger partial charge in [0.25, 0.3) is 0 Å². The molecule has 1 aliphatic heterocycles. The molecule has 0 radical (unpaired) electrons. The predicted octanol–water partition coefficient (Wildman–Crippen LogP) is 3.34. The normalized spacial score (nSPS) is 15.1. The van der Waals surface area contributed by atoms with Crippen molar-refractivity contribution in [3.05, 3.63) is 71.9 Å². The Hall–Kier alpha value is -2.92. The van der Waals surface area contributed by atoms with Gasteiger partial charge in [-0.2, -0.15) is 0 Å². The largest absolute Gasteiger partial charge is 0.465 e. The fourth-order valence-corrected chi connectivity index (χ4v) is 3.66. The SMILES string of the molecule is COC(=O)c1cnc(N2CCN(Cc3ccccc3)CC2)c2ccccc12. The van der Waals surface area contributed by atoms with Gasteiger partial charge in [-0.1, -0.05) is 54.6 Å². The first-order valence-corrected chi connectivity index (χ1v) is 9.23. The molecule has 0 atom stereocenters. The number of rotatable bonds is 4. The zero-order chi connectivity index (χ0) is 18.6. The summed E-state index contributed by atoms with van der Waals surface area (Å²) in [5.41, 5.74) is 1.86. The fourth-order valence-electron chi connectivity index (χ4n) is 3.66.